The molecule has 0 amide bonds. The van der Waals surface area contributed by atoms with Crippen molar-refractivity contribution < 1.29 is 9.53 Å². The number of methoxy groups -OCH3 is 1. The number of rotatable bonds is 8. The van der Waals surface area contributed by atoms with Crippen LogP contribution in [0.1, 0.15) is 56.3 Å². The summed E-state index contributed by atoms with van der Waals surface area (Å²) in [6.45, 7) is 4.36. The first-order chi connectivity index (χ1) is 8.71. The minimum Gasteiger partial charge on any atom is -0.497 e. The topological polar surface area (TPSA) is 26.3 Å². The average Bonchev–Trinajstić information content (AvgIpc) is 2.39. The molecule has 18 heavy (non-hydrogen) atoms. The molecule has 1 rings (SSSR count). The van der Waals surface area contributed by atoms with Gasteiger partial charge in [-0.1, -0.05) is 51.7 Å². The van der Waals surface area contributed by atoms with E-state index in [9.17, 15) is 4.79 Å². The van der Waals surface area contributed by atoms with Crippen LogP contribution in [0.2, 0.25) is 0 Å². The van der Waals surface area contributed by atoms with Crippen LogP contribution in [0.3, 0.4) is 0 Å². The highest BCUT2D eigenvalue weighted by Gasteiger charge is 2.14. The lowest BCUT2D eigenvalue weighted by atomic mass is 9.91. The van der Waals surface area contributed by atoms with Crippen molar-refractivity contribution >= 4 is 5.78 Å². The third-order valence-corrected chi connectivity index (χ3v) is 3.26. The zero-order valence-corrected chi connectivity index (χ0v) is 11.7. The summed E-state index contributed by atoms with van der Waals surface area (Å²) in [6, 6.07) is 7.45. The van der Waals surface area contributed by atoms with Crippen LogP contribution in [-0.4, -0.2) is 12.9 Å². The summed E-state index contributed by atoms with van der Waals surface area (Å²) >= 11 is 0. The van der Waals surface area contributed by atoms with E-state index in [-0.39, 0.29) is 5.78 Å². The van der Waals surface area contributed by atoms with E-state index in [4.69, 9.17) is 4.74 Å². The molecule has 1 aromatic rings. The van der Waals surface area contributed by atoms with Crippen molar-refractivity contribution in [3.63, 3.8) is 0 Å². The Morgan fingerprint density at radius 1 is 1.22 bits per heavy atom. The SMILES string of the molecule is CCCC(CCC)CC(=O)c1cccc(OC)c1. The summed E-state index contributed by atoms with van der Waals surface area (Å²) in [5.41, 5.74) is 0.770. The molecule has 100 valence electrons. The molecule has 0 N–H and O–H groups in total. The number of ether oxygens (including phenoxy) is 1. The normalized spacial score (nSPS) is 10.7. The number of carbonyl (C=O) groups is 1. The third kappa shape index (κ3) is 4.52. The molecule has 0 aliphatic carbocycles. The first-order valence-electron chi connectivity index (χ1n) is 6.88. The van der Waals surface area contributed by atoms with Gasteiger partial charge in [-0.2, -0.15) is 0 Å². The number of ketones is 1. The van der Waals surface area contributed by atoms with Crippen molar-refractivity contribution in [1.29, 1.82) is 0 Å². The number of Topliss-reactive ketones (excluding diaryl/α,β-unsaturated/α-hetero) is 1. The van der Waals surface area contributed by atoms with E-state index in [0.717, 1.165) is 37.0 Å². The third-order valence-electron chi connectivity index (χ3n) is 3.26. The van der Waals surface area contributed by atoms with E-state index in [2.05, 4.69) is 13.8 Å². The molecule has 0 saturated carbocycles. The van der Waals surface area contributed by atoms with Gasteiger partial charge in [0.25, 0.3) is 0 Å². The maximum absolute atomic E-state index is 12.2. The van der Waals surface area contributed by atoms with Gasteiger partial charge in [-0.25, -0.2) is 0 Å². The van der Waals surface area contributed by atoms with Gasteiger partial charge in [0.1, 0.15) is 5.75 Å². The summed E-state index contributed by atoms with van der Waals surface area (Å²) in [7, 11) is 1.63. The molecule has 0 spiro atoms. The first-order valence-corrected chi connectivity index (χ1v) is 6.88. The van der Waals surface area contributed by atoms with Crippen LogP contribution in [-0.2, 0) is 0 Å². The van der Waals surface area contributed by atoms with Crippen molar-refractivity contribution in [3.05, 3.63) is 29.8 Å². The van der Waals surface area contributed by atoms with Crippen LogP contribution in [0, 0.1) is 5.92 Å². The monoisotopic (exact) mass is 248 g/mol. The molecule has 0 fully saturated rings. The molecular weight excluding hydrogens is 224 g/mol. The van der Waals surface area contributed by atoms with Gasteiger partial charge in [0, 0.05) is 12.0 Å². The standard InChI is InChI=1S/C16H24O2/c1-4-7-13(8-5-2)11-16(17)14-9-6-10-15(12-14)18-3/h6,9-10,12-13H,4-5,7-8,11H2,1-3H3. The van der Waals surface area contributed by atoms with Crippen LogP contribution in [0.5, 0.6) is 5.75 Å². The van der Waals surface area contributed by atoms with Crippen molar-refractivity contribution in [2.45, 2.75) is 46.0 Å². The minimum atomic E-state index is 0.237. The molecule has 0 atom stereocenters. The molecular formula is C16H24O2. The Bertz CT molecular complexity index is 365. The highest BCUT2D eigenvalue weighted by molar-refractivity contribution is 5.96. The molecule has 0 unspecified atom stereocenters. The number of benzene rings is 1. The van der Waals surface area contributed by atoms with E-state index in [1.807, 2.05) is 24.3 Å². The van der Waals surface area contributed by atoms with Crippen LogP contribution < -0.4 is 4.74 Å². The predicted octanol–water partition coefficient (Wildman–Crippen LogP) is 4.48. The van der Waals surface area contributed by atoms with E-state index in [1.54, 1.807) is 7.11 Å². The van der Waals surface area contributed by atoms with E-state index < -0.39 is 0 Å². The van der Waals surface area contributed by atoms with Gasteiger partial charge in [-0.15, -0.1) is 0 Å². The Morgan fingerprint density at radius 3 is 2.44 bits per heavy atom. The molecule has 0 bridgehead atoms. The molecule has 0 aromatic heterocycles. The molecule has 0 aliphatic rings. The number of carbonyl (C=O) groups excluding carboxylic acids is 1. The molecule has 2 nitrogen and oxygen atoms in total. The smallest absolute Gasteiger partial charge is 0.163 e. The Balaban J connectivity index is 2.67. The molecule has 0 heterocycles. The maximum Gasteiger partial charge on any atom is 0.163 e. The van der Waals surface area contributed by atoms with E-state index in [1.165, 1.54) is 0 Å². The summed E-state index contributed by atoms with van der Waals surface area (Å²) in [4.78, 5) is 12.2. The molecule has 0 saturated heterocycles. The van der Waals surface area contributed by atoms with Gasteiger partial charge in [-0.05, 0) is 18.1 Å². The van der Waals surface area contributed by atoms with Crippen LogP contribution in [0.15, 0.2) is 24.3 Å². The van der Waals surface area contributed by atoms with Crippen LogP contribution >= 0.6 is 0 Å². The Morgan fingerprint density at radius 2 is 1.89 bits per heavy atom. The zero-order chi connectivity index (χ0) is 13.4. The summed E-state index contributed by atoms with van der Waals surface area (Å²) in [5.74, 6) is 1.52. The lowest BCUT2D eigenvalue weighted by Gasteiger charge is -2.14. The highest BCUT2D eigenvalue weighted by Crippen LogP contribution is 2.21. The first kappa shape index (κ1) is 14.7. The molecule has 0 aliphatic heterocycles. The van der Waals surface area contributed by atoms with Gasteiger partial charge in [0.15, 0.2) is 5.78 Å². The van der Waals surface area contributed by atoms with Gasteiger partial charge >= 0.3 is 0 Å². The lowest BCUT2D eigenvalue weighted by molar-refractivity contribution is 0.0955. The van der Waals surface area contributed by atoms with Crippen molar-refractivity contribution in [1.82, 2.24) is 0 Å². The molecule has 0 radical (unpaired) electrons. The Labute approximate surface area is 110 Å². The summed E-state index contributed by atoms with van der Waals surface area (Å²) in [6.07, 6.45) is 5.24. The Hall–Kier alpha value is -1.31. The van der Waals surface area contributed by atoms with Crippen molar-refractivity contribution in [2.75, 3.05) is 7.11 Å². The molecule has 2 heteroatoms. The Kier molecular flexibility index (Phi) is 6.48. The van der Waals surface area contributed by atoms with Gasteiger partial charge in [0.2, 0.25) is 0 Å². The fourth-order valence-electron chi connectivity index (χ4n) is 2.34. The predicted molar refractivity (Wildman–Crippen MR) is 75.2 cm³/mol. The van der Waals surface area contributed by atoms with Gasteiger partial charge < -0.3 is 4.74 Å². The fourth-order valence-corrected chi connectivity index (χ4v) is 2.34. The van der Waals surface area contributed by atoms with E-state index in [0.29, 0.717) is 12.3 Å². The zero-order valence-electron chi connectivity index (χ0n) is 11.7. The van der Waals surface area contributed by atoms with Crippen LogP contribution in [0.25, 0.3) is 0 Å². The van der Waals surface area contributed by atoms with Gasteiger partial charge in [0.05, 0.1) is 7.11 Å². The second kappa shape index (κ2) is 7.91. The quantitative estimate of drug-likeness (QED) is 0.634. The number of hydrogen-bond acceptors (Lipinski definition) is 2. The van der Waals surface area contributed by atoms with E-state index >= 15 is 0 Å². The van der Waals surface area contributed by atoms with Crippen LogP contribution in [0.4, 0.5) is 0 Å². The maximum atomic E-state index is 12.2. The second-order valence-corrected chi connectivity index (χ2v) is 4.80. The minimum absolute atomic E-state index is 0.237. The summed E-state index contributed by atoms with van der Waals surface area (Å²) < 4.78 is 5.15. The second-order valence-electron chi connectivity index (χ2n) is 4.80. The summed E-state index contributed by atoms with van der Waals surface area (Å²) in [5, 5.41) is 0. The van der Waals surface area contributed by atoms with Crippen molar-refractivity contribution in [2.24, 2.45) is 5.92 Å². The fraction of sp³-hybridized carbons (Fsp3) is 0.562. The largest absolute Gasteiger partial charge is 0.497 e. The molecule has 1 aromatic carbocycles. The van der Waals surface area contributed by atoms with Crippen molar-refractivity contribution in [3.8, 4) is 5.75 Å². The average molecular weight is 248 g/mol. The van der Waals surface area contributed by atoms with Gasteiger partial charge in [-0.3, -0.25) is 4.79 Å². The number of hydrogen-bond donors (Lipinski definition) is 0. The lowest BCUT2D eigenvalue weighted by Crippen LogP contribution is -2.09. The highest BCUT2D eigenvalue weighted by atomic mass is 16.5.